The van der Waals surface area contributed by atoms with Gasteiger partial charge >= 0.3 is 0 Å². The minimum absolute atomic E-state index is 1.35. The van der Waals surface area contributed by atoms with E-state index in [0.29, 0.717) is 0 Å². The van der Waals surface area contributed by atoms with Crippen molar-refractivity contribution in [2.24, 2.45) is 0 Å². The summed E-state index contributed by atoms with van der Waals surface area (Å²) in [6, 6.07) is 4.44. The first-order valence-corrected chi connectivity index (χ1v) is 5.10. The molecule has 0 fully saturated rings. The van der Waals surface area contributed by atoms with Gasteiger partial charge in [-0.05, 0) is 68.4 Å². The minimum Gasteiger partial charge on any atom is -0.0537 e. The van der Waals surface area contributed by atoms with Crippen molar-refractivity contribution < 1.29 is 0 Å². The fourth-order valence-electron chi connectivity index (χ4n) is 0.950. The van der Waals surface area contributed by atoms with Crippen molar-refractivity contribution >= 4 is 57.3 Å². The van der Waals surface area contributed by atoms with E-state index in [9.17, 15) is 0 Å². The Labute approximate surface area is 87.0 Å². The lowest BCUT2D eigenvalue weighted by atomic mass is 9.99. The first-order valence-electron chi connectivity index (χ1n) is 2.94. The van der Waals surface area contributed by atoms with Crippen LogP contribution in [0.4, 0.5) is 0 Å². The summed E-state index contributed by atoms with van der Waals surface area (Å²) in [7, 11) is 0. The van der Waals surface area contributed by atoms with E-state index in [0.717, 1.165) is 0 Å². The molecule has 1 aliphatic carbocycles. The van der Waals surface area contributed by atoms with Gasteiger partial charge in [-0.1, -0.05) is 12.2 Å². The summed E-state index contributed by atoms with van der Waals surface area (Å²) in [5.74, 6) is 0. The number of fused-ring (bicyclic) bond motifs is 1. The third-order valence-corrected chi connectivity index (χ3v) is 4.39. The lowest BCUT2D eigenvalue weighted by Gasteiger charge is -2.10. The van der Waals surface area contributed by atoms with Crippen LogP contribution in [-0.4, -0.2) is 0 Å². The molecule has 0 unspecified atom stereocenters. The molecule has 0 atom stereocenters. The van der Waals surface area contributed by atoms with E-state index in [1.54, 1.807) is 0 Å². The van der Waals surface area contributed by atoms with Crippen LogP contribution in [0, 0.1) is 7.14 Å². The molecule has 0 aromatic heterocycles. The van der Waals surface area contributed by atoms with E-state index in [2.05, 4.69) is 69.5 Å². The number of hydrogen-bond acceptors (Lipinski definition) is 0. The van der Waals surface area contributed by atoms with Crippen molar-refractivity contribution in [3.05, 3.63) is 30.4 Å². The quantitative estimate of drug-likeness (QED) is 0.637. The van der Waals surface area contributed by atoms with Gasteiger partial charge in [0.05, 0.1) is 0 Å². The molecule has 0 bridgehead atoms. The zero-order valence-corrected chi connectivity index (χ0v) is 9.38. The first-order chi connectivity index (χ1) is 4.77. The Bertz CT molecular complexity index is 282. The van der Waals surface area contributed by atoms with Gasteiger partial charge in [-0.25, -0.2) is 0 Å². The molecule has 0 radical (unpaired) electrons. The maximum absolute atomic E-state index is 2.36. The standard InChI is InChI=1S/C8H4I2/c9-7-3-5-1-2-6(5)4-8(7)10/h1-4H. The molecular weight excluding hydrogens is 350 g/mol. The minimum atomic E-state index is 1.35. The Morgan fingerprint density at radius 3 is 1.50 bits per heavy atom. The van der Waals surface area contributed by atoms with Gasteiger partial charge in [-0.3, -0.25) is 0 Å². The molecule has 1 aliphatic rings. The van der Waals surface area contributed by atoms with Gasteiger partial charge in [0, 0.05) is 7.14 Å². The monoisotopic (exact) mass is 354 g/mol. The molecule has 2 rings (SSSR count). The highest BCUT2D eigenvalue weighted by atomic mass is 127. The van der Waals surface area contributed by atoms with E-state index in [4.69, 9.17) is 0 Å². The number of rotatable bonds is 0. The molecule has 0 N–H and O–H groups in total. The lowest BCUT2D eigenvalue weighted by Crippen LogP contribution is -1.92. The molecule has 10 heavy (non-hydrogen) atoms. The number of halogens is 2. The number of hydrogen-bond donors (Lipinski definition) is 0. The summed E-state index contributed by atoms with van der Waals surface area (Å²) in [5.41, 5.74) is 2.76. The highest BCUT2D eigenvalue weighted by Crippen LogP contribution is 2.28. The van der Waals surface area contributed by atoms with Crippen molar-refractivity contribution in [1.29, 1.82) is 0 Å². The average molecular weight is 354 g/mol. The molecule has 0 saturated heterocycles. The summed E-state index contributed by atoms with van der Waals surface area (Å²) >= 11 is 4.72. The van der Waals surface area contributed by atoms with Crippen molar-refractivity contribution in [2.45, 2.75) is 0 Å². The second kappa shape index (κ2) is 2.48. The van der Waals surface area contributed by atoms with E-state index in [1.807, 2.05) is 0 Å². The summed E-state index contributed by atoms with van der Waals surface area (Å²) in [6.45, 7) is 0. The summed E-state index contributed by atoms with van der Waals surface area (Å²) < 4.78 is 2.70. The molecule has 0 amide bonds. The molecule has 1 aromatic rings. The van der Waals surface area contributed by atoms with Crippen LogP contribution in [0.15, 0.2) is 12.1 Å². The Hall–Kier alpha value is 0.420. The SMILES string of the molecule is Ic1cc2c(cc1I)C=C2. The highest BCUT2D eigenvalue weighted by molar-refractivity contribution is 14.1. The Balaban J connectivity index is 2.65. The Kier molecular flexibility index (Phi) is 1.76. The predicted molar refractivity (Wildman–Crippen MR) is 60.8 cm³/mol. The van der Waals surface area contributed by atoms with Gasteiger partial charge in [0.25, 0.3) is 0 Å². The van der Waals surface area contributed by atoms with Crippen molar-refractivity contribution in [3.63, 3.8) is 0 Å². The van der Waals surface area contributed by atoms with Crippen LogP contribution in [0.3, 0.4) is 0 Å². The molecule has 0 spiro atoms. The molecule has 0 heterocycles. The van der Waals surface area contributed by atoms with Crippen molar-refractivity contribution in [2.75, 3.05) is 0 Å². The normalized spacial score (nSPS) is 12.6. The van der Waals surface area contributed by atoms with Crippen LogP contribution in [0.5, 0.6) is 0 Å². The average Bonchev–Trinajstić information content (AvgIpc) is 1.89. The van der Waals surface area contributed by atoms with Crippen LogP contribution < -0.4 is 0 Å². The van der Waals surface area contributed by atoms with Crippen LogP contribution in [0.1, 0.15) is 11.1 Å². The molecule has 2 heteroatoms. The highest BCUT2D eigenvalue weighted by Gasteiger charge is 2.07. The maximum Gasteiger partial charge on any atom is 0.0270 e. The van der Waals surface area contributed by atoms with Crippen LogP contribution in [0.2, 0.25) is 0 Å². The summed E-state index contributed by atoms with van der Waals surface area (Å²) in [4.78, 5) is 0. The lowest BCUT2D eigenvalue weighted by molar-refractivity contribution is 1.50. The predicted octanol–water partition coefficient (Wildman–Crippen LogP) is 3.38. The fraction of sp³-hybridized carbons (Fsp3) is 0. The zero-order valence-electron chi connectivity index (χ0n) is 5.07. The summed E-state index contributed by atoms with van der Waals surface area (Å²) in [6.07, 6.45) is 4.29. The van der Waals surface area contributed by atoms with Gasteiger partial charge in [0.1, 0.15) is 0 Å². The molecule has 1 aromatic carbocycles. The molecular formula is C8H4I2. The van der Waals surface area contributed by atoms with Gasteiger partial charge in [0.15, 0.2) is 0 Å². The third-order valence-electron chi connectivity index (χ3n) is 1.57. The van der Waals surface area contributed by atoms with Gasteiger partial charge in [-0.15, -0.1) is 0 Å². The van der Waals surface area contributed by atoms with Crippen LogP contribution in [-0.2, 0) is 0 Å². The number of benzene rings is 1. The molecule has 50 valence electrons. The van der Waals surface area contributed by atoms with Gasteiger partial charge < -0.3 is 0 Å². The third kappa shape index (κ3) is 1.01. The maximum atomic E-state index is 2.36. The molecule has 0 saturated carbocycles. The molecule has 0 aliphatic heterocycles. The van der Waals surface area contributed by atoms with E-state index < -0.39 is 0 Å². The zero-order chi connectivity index (χ0) is 7.14. The van der Waals surface area contributed by atoms with E-state index in [1.165, 1.54) is 18.3 Å². The van der Waals surface area contributed by atoms with E-state index in [-0.39, 0.29) is 0 Å². The smallest absolute Gasteiger partial charge is 0.0270 e. The van der Waals surface area contributed by atoms with E-state index >= 15 is 0 Å². The summed E-state index contributed by atoms with van der Waals surface area (Å²) in [5, 5.41) is 0. The van der Waals surface area contributed by atoms with Crippen molar-refractivity contribution in [1.82, 2.24) is 0 Å². The van der Waals surface area contributed by atoms with Gasteiger partial charge in [-0.2, -0.15) is 0 Å². The van der Waals surface area contributed by atoms with Crippen LogP contribution >= 0.6 is 45.2 Å². The topological polar surface area (TPSA) is 0 Å². The Morgan fingerprint density at radius 2 is 1.20 bits per heavy atom. The Morgan fingerprint density at radius 1 is 0.800 bits per heavy atom. The molecule has 0 nitrogen and oxygen atoms in total. The fourth-order valence-corrected chi connectivity index (χ4v) is 1.93. The van der Waals surface area contributed by atoms with Crippen LogP contribution in [0.25, 0.3) is 12.2 Å². The largest absolute Gasteiger partial charge is 0.0537 e. The van der Waals surface area contributed by atoms with Gasteiger partial charge in [0.2, 0.25) is 0 Å². The second-order valence-corrected chi connectivity index (χ2v) is 4.55. The first kappa shape index (κ1) is 7.09. The second-order valence-electron chi connectivity index (χ2n) is 2.23. The van der Waals surface area contributed by atoms with Crippen molar-refractivity contribution in [3.8, 4) is 0 Å².